The Morgan fingerprint density at radius 1 is 1.10 bits per heavy atom. The van der Waals surface area contributed by atoms with Crippen LogP contribution in [0.4, 0.5) is 0 Å². The summed E-state index contributed by atoms with van der Waals surface area (Å²) < 4.78 is 25.1. The Morgan fingerprint density at radius 2 is 1.85 bits per heavy atom. The lowest BCUT2D eigenvalue weighted by atomic mass is 10.0. The minimum Gasteiger partial charge on any atom is -0.462 e. The summed E-state index contributed by atoms with van der Waals surface area (Å²) in [6, 6.07) is 1.13. The third kappa shape index (κ3) is 13.2. The number of cyclic esters (lactones) is 1. The number of carbonyl (C=O) groups excluding carboxylic acids is 1. The molecule has 226 valence electrons. The summed E-state index contributed by atoms with van der Waals surface area (Å²) in [5.74, 6) is 0.599. The Balaban J connectivity index is 2.13. The number of hydrogen-bond donors (Lipinski definition) is 0. The van der Waals surface area contributed by atoms with Crippen LogP contribution in [0, 0.1) is 11.8 Å². The van der Waals surface area contributed by atoms with Gasteiger partial charge in [-0.3, -0.25) is 4.79 Å². The number of hydrogen-bond acceptors (Lipinski definition) is 5. The van der Waals surface area contributed by atoms with Gasteiger partial charge in [0.1, 0.15) is 12.9 Å². The summed E-state index contributed by atoms with van der Waals surface area (Å²) >= 11 is 0. The molecule has 0 aromatic rings. The second-order valence-electron chi connectivity index (χ2n) is 14.5. The SMILES string of the molecule is CCCCC[C@H](/C=C/[C@@H](OCOCC[Si](C)(C)C)[C@@H]1C[C@H]1[C@@H]1C/C=C\CCCC(=O)O1)O[Si](C)(C)C(C)(C)C. The van der Waals surface area contributed by atoms with Crippen LogP contribution in [0.3, 0.4) is 0 Å². The molecule has 2 rings (SSSR count). The van der Waals surface area contributed by atoms with Gasteiger partial charge in [0.25, 0.3) is 0 Å². The smallest absolute Gasteiger partial charge is 0.306 e. The Labute approximate surface area is 242 Å². The fourth-order valence-electron chi connectivity index (χ4n) is 4.76. The van der Waals surface area contributed by atoms with Crippen molar-refractivity contribution in [3.05, 3.63) is 24.3 Å². The van der Waals surface area contributed by atoms with Gasteiger partial charge in [-0.2, -0.15) is 0 Å². The average molecular weight is 581 g/mol. The van der Waals surface area contributed by atoms with E-state index in [4.69, 9.17) is 18.6 Å². The van der Waals surface area contributed by atoms with Crippen molar-refractivity contribution in [3.8, 4) is 0 Å². The fraction of sp³-hybridized carbons (Fsp3) is 0.844. The third-order valence-electron chi connectivity index (χ3n) is 8.56. The van der Waals surface area contributed by atoms with Crippen molar-refractivity contribution in [1.29, 1.82) is 0 Å². The van der Waals surface area contributed by atoms with Crippen LogP contribution in [0.1, 0.15) is 85.5 Å². The predicted octanol–water partition coefficient (Wildman–Crippen LogP) is 8.89. The van der Waals surface area contributed by atoms with Gasteiger partial charge in [-0.05, 0) is 55.8 Å². The van der Waals surface area contributed by atoms with Crippen molar-refractivity contribution < 1.29 is 23.4 Å². The average Bonchev–Trinajstić information content (AvgIpc) is 3.59. The highest BCUT2D eigenvalue weighted by Gasteiger charge is 2.48. The molecule has 0 aromatic heterocycles. The van der Waals surface area contributed by atoms with E-state index in [0.717, 1.165) is 44.8 Å². The molecule has 7 heteroatoms. The van der Waals surface area contributed by atoms with E-state index in [1.807, 2.05) is 0 Å². The van der Waals surface area contributed by atoms with Gasteiger partial charge in [-0.1, -0.05) is 90.9 Å². The number of rotatable bonds is 16. The first-order chi connectivity index (χ1) is 18.2. The number of ether oxygens (including phenoxy) is 3. The first-order valence-electron chi connectivity index (χ1n) is 15.6. The van der Waals surface area contributed by atoms with Crippen LogP contribution in [-0.2, 0) is 23.4 Å². The van der Waals surface area contributed by atoms with E-state index < -0.39 is 16.4 Å². The zero-order chi connectivity index (χ0) is 29.1. The van der Waals surface area contributed by atoms with Crippen LogP contribution < -0.4 is 0 Å². The lowest BCUT2D eigenvalue weighted by Crippen LogP contribution is -2.43. The Morgan fingerprint density at radius 3 is 2.51 bits per heavy atom. The second-order valence-corrected chi connectivity index (χ2v) is 24.8. The zero-order valence-corrected chi connectivity index (χ0v) is 28.7. The summed E-state index contributed by atoms with van der Waals surface area (Å²) in [4.78, 5) is 12.4. The van der Waals surface area contributed by atoms with Gasteiger partial charge in [0.05, 0.1) is 12.2 Å². The molecule has 0 unspecified atom stereocenters. The normalized spacial score (nSPS) is 25.5. The molecule has 0 amide bonds. The first kappa shape index (κ1) is 34.5. The van der Waals surface area contributed by atoms with Crippen LogP contribution in [0.15, 0.2) is 24.3 Å². The molecule has 39 heavy (non-hydrogen) atoms. The Hall–Kier alpha value is -0.736. The maximum absolute atomic E-state index is 12.4. The van der Waals surface area contributed by atoms with E-state index in [2.05, 4.69) is 84.7 Å². The minimum atomic E-state index is -1.91. The highest BCUT2D eigenvalue weighted by atomic mass is 28.4. The Bertz CT molecular complexity index is 780. The molecule has 1 heterocycles. The van der Waals surface area contributed by atoms with E-state index in [0.29, 0.717) is 25.0 Å². The van der Waals surface area contributed by atoms with E-state index in [1.54, 1.807) is 0 Å². The van der Waals surface area contributed by atoms with Crippen molar-refractivity contribution in [3.63, 3.8) is 0 Å². The maximum Gasteiger partial charge on any atom is 0.306 e. The van der Waals surface area contributed by atoms with Crippen LogP contribution in [-0.4, -0.2) is 54.1 Å². The molecule has 0 N–H and O–H groups in total. The topological polar surface area (TPSA) is 54.0 Å². The van der Waals surface area contributed by atoms with Gasteiger partial charge < -0.3 is 18.6 Å². The van der Waals surface area contributed by atoms with Crippen LogP contribution in [0.5, 0.6) is 0 Å². The lowest BCUT2D eigenvalue weighted by Gasteiger charge is -2.38. The molecule has 0 saturated heterocycles. The monoisotopic (exact) mass is 580 g/mol. The van der Waals surface area contributed by atoms with Crippen LogP contribution in [0.25, 0.3) is 0 Å². The third-order valence-corrected chi connectivity index (χ3v) is 14.8. The number of carbonyl (C=O) groups is 1. The molecule has 1 aliphatic heterocycles. The molecule has 0 bridgehead atoms. The molecule has 0 spiro atoms. The highest BCUT2D eigenvalue weighted by molar-refractivity contribution is 6.76. The molecule has 0 aromatic carbocycles. The van der Waals surface area contributed by atoms with Gasteiger partial charge in [-0.15, -0.1) is 0 Å². The number of unbranched alkanes of at least 4 members (excludes halogenated alkanes) is 2. The quantitative estimate of drug-likeness (QED) is 0.0600. The van der Waals surface area contributed by atoms with Crippen molar-refractivity contribution in [2.24, 2.45) is 11.8 Å². The first-order valence-corrected chi connectivity index (χ1v) is 22.2. The number of esters is 1. The summed E-state index contributed by atoms with van der Waals surface area (Å²) in [5, 5.41) is 0.167. The molecular weight excluding hydrogens is 521 g/mol. The van der Waals surface area contributed by atoms with E-state index >= 15 is 0 Å². The van der Waals surface area contributed by atoms with Crippen LogP contribution in [0.2, 0.25) is 43.8 Å². The van der Waals surface area contributed by atoms with Gasteiger partial charge in [-0.25, -0.2) is 0 Å². The van der Waals surface area contributed by atoms with Gasteiger partial charge in [0, 0.05) is 33.4 Å². The summed E-state index contributed by atoms with van der Waals surface area (Å²) in [5.41, 5.74) is 0. The molecule has 0 radical (unpaired) electrons. The van der Waals surface area contributed by atoms with Gasteiger partial charge >= 0.3 is 5.97 Å². The van der Waals surface area contributed by atoms with Gasteiger partial charge in [0.2, 0.25) is 0 Å². The number of allylic oxidation sites excluding steroid dienone is 1. The molecule has 5 nitrogen and oxygen atoms in total. The molecule has 1 aliphatic carbocycles. The highest BCUT2D eigenvalue weighted by Crippen LogP contribution is 2.48. The van der Waals surface area contributed by atoms with E-state index in [-0.39, 0.29) is 29.3 Å². The molecule has 5 atom stereocenters. The lowest BCUT2D eigenvalue weighted by molar-refractivity contribution is -0.150. The molecule has 1 fully saturated rings. The summed E-state index contributed by atoms with van der Waals surface area (Å²) in [7, 11) is -3.05. The van der Waals surface area contributed by atoms with E-state index in [9.17, 15) is 4.79 Å². The van der Waals surface area contributed by atoms with Gasteiger partial charge in [0.15, 0.2) is 8.32 Å². The van der Waals surface area contributed by atoms with Crippen molar-refractivity contribution in [1.82, 2.24) is 0 Å². The maximum atomic E-state index is 12.4. The zero-order valence-electron chi connectivity index (χ0n) is 26.7. The Kier molecular flexibility index (Phi) is 14.2. The molecule has 1 saturated carbocycles. The summed E-state index contributed by atoms with van der Waals surface area (Å²) in [6.45, 7) is 22.0. The minimum absolute atomic E-state index is 0.0594. The van der Waals surface area contributed by atoms with E-state index in [1.165, 1.54) is 19.3 Å². The predicted molar refractivity (Wildman–Crippen MR) is 168 cm³/mol. The standard InChI is InChI=1S/C32H60O5Si2/c1-10-11-14-17-26(37-39(8,9)32(2,3)4)20-21-29(35-25-34-22-23-38(5,6)7)27-24-28(27)30-18-15-12-13-16-19-31(33)36-30/h12,15,20-21,26-30H,10-11,13-14,16-19,22-25H2,1-9H3/b15-12-,21-20+/t26-,27-,28-,29-,30+/m1/s1. The van der Waals surface area contributed by atoms with Crippen molar-refractivity contribution in [2.75, 3.05) is 13.4 Å². The second kappa shape index (κ2) is 16.0. The molecular formula is C32H60O5Si2. The summed E-state index contributed by atoms with van der Waals surface area (Å²) in [6.07, 6.45) is 17.6. The van der Waals surface area contributed by atoms with Crippen LogP contribution >= 0.6 is 0 Å². The fourth-order valence-corrected chi connectivity index (χ4v) is 6.82. The molecule has 2 aliphatic rings. The van der Waals surface area contributed by atoms with Crippen molar-refractivity contribution >= 4 is 22.4 Å². The van der Waals surface area contributed by atoms with Crippen molar-refractivity contribution in [2.45, 2.75) is 148 Å². The largest absolute Gasteiger partial charge is 0.462 e.